The number of anilines is 3. The number of nitrogens with two attached hydrogens (primary N) is 1. The van der Waals surface area contributed by atoms with E-state index < -0.39 is 0 Å². The van der Waals surface area contributed by atoms with E-state index in [0.29, 0.717) is 23.7 Å². The van der Waals surface area contributed by atoms with Crippen molar-refractivity contribution in [2.45, 2.75) is 6.92 Å². The van der Waals surface area contributed by atoms with Crippen molar-refractivity contribution in [3.8, 4) is 0 Å². The van der Waals surface area contributed by atoms with E-state index in [4.69, 9.17) is 5.73 Å². The number of rotatable bonds is 4. The van der Waals surface area contributed by atoms with E-state index in [1.807, 2.05) is 19.1 Å². The minimum atomic E-state index is -0.228. The van der Waals surface area contributed by atoms with E-state index in [-0.39, 0.29) is 5.91 Å². The number of nitrogen functional groups attached to an aromatic ring is 1. The summed E-state index contributed by atoms with van der Waals surface area (Å²) in [6.45, 7) is 2.41. The van der Waals surface area contributed by atoms with Crippen molar-refractivity contribution in [3.63, 3.8) is 0 Å². The first-order chi connectivity index (χ1) is 9.19. The number of amides is 1. The van der Waals surface area contributed by atoms with Crippen LogP contribution in [-0.4, -0.2) is 22.6 Å². The van der Waals surface area contributed by atoms with Gasteiger partial charge in [-0.15, -0.1) is 10.2 Å². The second-order valence-electron chi connectivity index (χ2n) is 3.91. The van der Waals surface area contributed by atoms with Crippen LogP contribution in [0.4, 0.5) is 17.2 Å². The molecule has 0 aliphatic carbocycles. The molecule has 0 saturated carbocycles. The molecule has 1 aromatic heterocycles. The lowest BCUT2D eigenvalue weighted by atomic mass is 10.3. The van der Waals surface area contributed by atoms with Crippen LogP contribution in [0, 0.1) is 0 Å². The molecule has 1 aromatic carbocycles. The van der Waals surface area contributed by atoms with E-state index in [9.17, 15) is 4.79 Å². The molecule has 6 nitrogen and oxygen atoms in total. The Morgan fingerprint density at radius 2 is 1.89 bits per heavy atom. The third kappa shape index (κ3) is 3.41. The first kappa shape index (κ1) is 12.8. The maximum absolute atomic E-state index is 11.5. The minimum absolute atomic E-state index is 0.228. The van der Waals surface area contributed by atoms with Crippen LogP contribution in [-0.2, 0) is 0 Å². The Balaban J connectivity index is 2.06. The first-order valence-corrected chi connectivity index (χ1v) is 5.93. The quantitative estimate of drug-likeness (QED) is 0.723. The van der Waals surface area contributed by atoms with Gasteiger partial charge in [0.25, 0.3) is 5.91 Å². The minimum Gasteiger partial charge on any atom is -0.399 e. The fraction of sp³-hybridized carbons (Fsp3) is 0.154. The summed E-state index contributed by atoms with van der Waals surface area (Å²) in [4.78, 5) is 11.5. The largest absolute Gasteiger partial charge is 0.399 e. The number of hydrogen-bond donors (Lipinski definition) is 3. The van der Waals surface area contributed by atoms with E-state index in [1.165, 1.54) is 0 Å². The molecule has 6 heteroatoms. The molecule has 0 atom stereocenters. The fourth-order valence-corrected chi connectivity index (χ4v) is 1.49. The van der Waals surface area contributed by atoms with Gasteiger partial charge in [-0.2, -0.15) is 0 Å². The van der Waals surface area contributed by atoms with Crippen LogP contribution in [0.25, 0.3) is 0 Å². The number of carbonyl (C=O) groups excluding carboxylic acids is 1. The molecule has 0 radical (unpaired) electrons. The maximum atomic E-state index is 11.5. The molecule has 0 saturated heterocycles. The summed E-state index contributed by atoms with van der Waals surface area (Å²) >= 11 is 0. The van der Waals surface area contributed by atoms with Gasteiger partial charge in [0.2, 0.25) is 0 Å². The van der Waals surface area contributed by atoms with Crippen molar-refractivity contribution in [3.05, 3.63) is 42.1 Å². The molecule has 1 amide bonds. The molecule has 2 rings (SSSR count). The van der Waals surface area contributed by atoms with Crippen molar-refractivity contribution >= 4 is 23.1 Å². The van der Waals surface area contributed by atoms with Crippen molar-refractivity contribution in [1.82, 2.24) is 15.5 Å². The standard InChI is InChI=1S/C13H15N5O/c1-2-15-13(19)11-7-8-12(18-17-11)16-10-5-3-9(14)4-6-10/h3-8H,2,14H2,1H3,(H,15,19)(H,16,18). The van der Waals surface area contributed by atoms with Crippen LogP contribution < -0.4 is 16.4 Å². The Hall–Kier alpha value is -2.63. The van der Waals surface area contributed by atoms with Crippen molar-refractivity contribution in [2.75, 3.05) is 17.6 Å². The highest BCUT2D eigenvalue weighted by atomic mass is 16.1. The SMILES string of the molecule is CCNC(=O)c1ccc(Nc2ccc(N)cc2)nn1. The number of nitrogens with one attached hydrogen (secondary N) is 2. The van der Waals surface area contributed by atoms with Crippen LogP contribution in [0.15, 0.2) is 36.4 Å². The second kappa shape index (κ2) is 5.81. The van der Waals surface area contributed by atoms with Crippen LogP contribution in [0.1, 0.15) is 17.4 Å². The van der Waals surface area contributed by atoms with Gasteiger partial charge in [-0.05, 0) is 43.3 Å². The highest BCUT2D eigenvalue weighted by Gasteiger charge is 2.06. The summed E-state index contributed by atoms with van der Waals surface area (Å²) in [7, 11) is 0. The highest BCUT2D eigenvalue weighted by Crippen LogP contribution is 2.15. The Labute approximate surface area is 111 Å². The van der Waals surface area contributed by atoms with Gasteiger partial charge >= 0.3 is 0 Å². The Morgan fingerprint density at radius 3 is 2.47 bits per heavy atom. The van der Waals surface area contributed by atoms with E-state index >= 15 is 0 Å². The molecule has 0 unspecified atom stereocenters. The van der Waals surface area contributed by atoms with Gasteiger partial charge < -0.3 is 16.4 Å². The predicted molar refractivity (Wildman–Crippen MR) is 74.2 cm³/mol. The van der Waals surface area contributed by atoms with Crippen molar-refractivity contribution in [2.24, 2.45) is 0 Å². The molecule has 0 bridgehead atoms. The summed E-state index contributed by atoms with van der Waals surface area (Å²) in [5.74, 6) is 0.340. The molecule has 0 fully saturated rings. The zero-order valence-electron chi connectivity index (χ0n) is 10.6. The number of aromatic nitrogens is 2. The van der Waals surface area contributed by atoms with Gasteiger partial charge in [-0.25, -0.2) is 0 Å². The van der Waals surface area contributed by atoms with Crippen molar-refractivity contribution in [1.29, 1.82) is 0 Å². The van der Waals surface area contributed by atoms with E-state index in [0.717, 1.165) is 5.69 Å². The third-order valence-electron chi connectivity index (χ3n) is 2.42. The molecular formula is C13H15N5O. The molecular weight excluding hydrogens is 242 g/mol. The predicted octanol–water partition coefficient (Wildman–Crippen LogP) is 1.55. The average Bonchev–Trinajstić information content (AvgIpc) is 2.42. The average molecular weight is 257 g/mol. The first-order valence-electron chi connectivity index (χ1n) is 5.93. The summed E-state index contributed by atoms with van der Waals surface area (Å²) in [5.41, 5.74) is 7.45. The lowest BCUT2D eigenvalue weighted by Gasteiger charge is -2.06. The van der Waals surface area contributed by atoms with Gasteiger partial charge in [0.05, 0.1) is 0 Å². The van der Waals surface area contributed by atoms with E-state index in [2.05, 4.69) is 20.8 Å². The lowest BCUT2D eigenvalue weighted by Crippen LogP contribution is -2.24. The Bertz CT molecular complexity index is 550. The molecule has 1 heterocycles. The zero-order valence-corrected chi connectivity index (χ0v) is 10.6. The number of carbonyl (C=O) groups is 1. The molecule has 4 N–H and O–H groups in total. The van der Waals surface area contributed by atoms with E-state index in [1.54, 1.807) is 24.3 Å². The third-order valence-corrected chi connectivity index (χ3v) is 2.42. The van der Waals surface area contributed by atoms with Gasteiger partial charge in [0.15, 0.2) is 11.5 Å². The molecule has 2 aromatic rings. The lowest BCUT2D eigenvalue weighted by molar-refractivity contribution is 0.0950. The van der Waals surface area contributed by atoms with Crippen LogP contribution in [0.5, 0.6) is 0 Å². The number of benzene rings is 1. The molecule has 0 aliphatic heterocycles. The molecule has 0 spiro atoms. The topological polar surface area (TPSA) is 92.9 Å². The molecule has 19 heavy (non-hydrogen) atoms. The summed E-state index contributed by atoms with van der Waals surface area (Å²) < 4.78 is 0. The summed E-state index contributed by atoms with van der Waals surface area (Å²) in [6, 6.07) is 10.6. The Morgan fingerprint density at radius 1 is 1.16 bits per heavy atom. The summed E-state index contributed by atoms with van der Waals surface area (Å²) in [5, 5.41) is 13.5. The monoisotopic (exact) mass is 257 g/mol. The maximum Gasteiger partial charge on any atom is 0.271 e. The zero-order chi connectivity index (χ0) is 13.7. The smallest absolute Gasteiger partial charge is 0.271 e. The highest BCUT2D eigenvalue weighted by molar-refractivity contribution is 5.92. The van der Waals surface area contributed by atoms with Gasteiger partial charge in [-0.3, -0.25) is 4.79 Å². The molecule has 0 aliphatic rings. The number of hydrogen-bond acceptors (Lipinski definition) is 5. The van der Waals surface area contributed by atoms with Crippen LogP contribution in [0.3, 0.4) is 0 Å². The van der Waals surface area contributed by atoms with Gasteiger partial charge in [0, 0.05) is 17.9 Å². The van der Waals surface area contributed by atoms with Crippen LogP contribution >= 0.6 is 0 Å². The second-order valence-corrected chi connectivity index (χ2v) is 3.91. The number of nitrogens with zero attached hydrogens (tertiary/aromatic N) is 2. The van der Waals surface area contributed by atoms with Crippen LogP contribution in [0.2, 0.25) is 0 Å². The Kier molecular flexibility index (Phi) is 3.92. The fourth-order valence-electron chi connectivity index (χ4n) is 1.49. The van der Waals surface area contributed by atoms with Gasteiger partial charge in [0.1, 0.15) is 0 Å². The molecule has 98 valence electrons. The van der Waals surface area contributed by atoms with Crippen molar-refractivity contribution < 1.29 is 4.79 Å². The normalized spacial score (nSPS) is 9.95. The summed E-state index contributed by atoms with van der Waals surface area (Å²) in [6.07, 6.45) is 0. The van der Waals surface area contributed by atoms with Gasteiger partial charge in [-0.1, -0.05) is 0 Å².